The Morgan fingerprint density at radius 1 is 1.21 bits per heavy atom. The zero-order valence-corrected chi connectivity index (χ0v) is 8.94. The Bertz CT molecular complexity index is 378. The van der Waals surface area contributed by atoms with Crippen LogP contribution in [0.4, 0.5) is 0 Å². The lowest BCUT2D eigenvalue weighted by atomic mass is 10.1. The van der Waals surface area contributed by atoms with Crippen molar-refractivity contribution in [2.45, 2.75) is 6.10 Å². The summed E-state index contributed by atoms with van der Waals surface area (Å²) < 4.78 is 0. The van der Waals surface area contributed by atoms with Gasteiger partial charge in [0, 0.05) is 5.56 Å². The van der Waals surface area contributed by atoms with Crippen molar-refractivity contribution in [3.8, 4) is 0 Å². The fraction of sp³-hybridized carbons (Fsp3) is 0.125. The van der Waals surface area contributed by atoms with Crippen LogP contribution in [0, 0.1) is 0 Å². The Morgan fingerprint density at radius 3 is 2.29 bits per heavy atom. The smallest absolute Gasteiger partial charge is 0.337 e. The average molecular weight is 255 g/mol. The van der Waals surface area contributed by atoms with Crippen LogP contribution >= 0.6 is 34.8 Å². The van der Waals surface area contributed by atoms with E-state index in [9.17, 15) is 9.90 Å². The van der Waals surface area contributed by atoms with E-state index in [2.05, 4.69) is 0 Å². The van der Waals surface area contributed by atoms with Crippen molar-refractivity contribution in [1.82, 2.24) is 0 Å². The number of hydrogen-bond acceptors (Lipinski definition) is 2. The number of aliphatic hydroxyl groups excluding tert-OH is 1. The number of carboxylic acid groups (broad SMARTS) is 1. The maximum absolute atomic E-state index is 10.5. The molecule has 0 amide bonds. The summed E-state index contributed by atoms with van der Waals surface area (Å²) in [6, 6.07) is 2.69. The van der Waals surface area contributed by atoms with E-state index >= 15 is 0 Å². The van der Waals surface area contributed by atoms with Crippen LogP contribution in [-0.2, 0) is 4.79 Å². The summed E-state index contributed by atoms with van der Waals surface area (Å²) in [6.07, 6.45) is -1.70. The van der Waals surface area contributed by atoms with Gasteiger partial charge in [0.1, 0.15) is 0 Å². The third-order valence-electron chi connectivity index (χ3n) is 1.59. The van der Waals surface area contributed by atoms with Crippen LogP contribution in [0.3, 0.4) is 0 Å². The van der Waals surface area contributed by atoms with E-state index in [4.69, 9.17) is 39.9 Å². The lowest BCUT2D eigenvalue weighted by molar-refractivity contribution is -0.146. The molecule has 0 aliphatic heterocycles. The van der Waals surface area contributed by atoms with Gasteiger partial charge in [-0.25, -0.2) is 4.79 Å². The molecule has 2 N–H and O–H groups in total. The van der Waals surface area contributed by atoms with E-state index in [1.165, 1.54) is 12.1 Å². The van der Waals surface area contributed by atoms with Gasteiger partial charge in [-0.1, -0.05) is 40.9 Å². The normalized spacial score (nSPS) is 12.6. The summed E-state index contributed by atoms with van der Waals surface area (Å²) in [5.74, 6) is -1.40. The summed E-state index contributed by atoms with van der Waals surface area (Å²) in [5, 5.41) is 17.9. The minimum atomic E-state index is -1.70. The second kappa shape index (κ2) is 4.36. The molecule has 0 saturated carbocycles. The number of hydrogen-bond donors (Lipinski definition) is 2. The Hall–Kier alpha value is -0.480. The first kappa shape index (κ1) is 11.6. The average Bonchev–Trinajstić information content (AvgIpc) is 2.13. The van der Waals surface area contributed by atoms with Crippen molar-refractivity contribution in [1.29, 1.82) is 0 Å². The first-order valence-electron chi connectivity index (χ1n) is 3.49. The molecule has 1 rings (SSSR count). The fourth-order valence-electron chi connectivity index (χ4n) is 0.885. The molecule has 0 aliphatic rings. The first-order chi connectivity index (χ1) is 6.45. The third kappa shape index (κ3) is 2.12. The predicted molar refractivity (Wildman–Crippen MR) is 54.1 cm³/mol. The van der Waals surface area contributed by atoms with Gasteiger partial charge in [-0.05, 0) is 6.07 Å². The second-order valence-electron chi connectivity index (χ2n) is 2.51. The van der Waals surface area contributed by atoms with Crippen molar-refractivity contribution < 1.29 is 15.0 Å². The van der Waals surface area contributed by atoms with Crippen LogP contribution in [0.5, 0.6) is 0 Å². The van der Waals surface area contributed by atoms with Gasteiger partial charge in [0.05, 0.1) is 15.1 Å². The van der Waals surface area contributed by atoms with Crippen LogP contribution in [-0.4, -0.2) is 16.2 Å². The maximum Gasteiger partial charge on any atom is 0.337 e. The molecule has 6 heteroatoms. The minimum absolute atomic E-state index is 0.0218. The molecular weight excluding hydrogens is 250 g/mol. The number of carboxylic acids is 1. The molecule has 1 atom stereocenters. The van der Waals surface area contributed by atoms with Crippen LogP contribution in [0.1, 0.15) is 11.7 Å². The van der Waals surface area contributed by atoms with Crippen molar-refractivity contribution in [3.05, 3.63) is 32.8 Å². The van der Waals surface area contributed by atoms with Crippen molar-refractivity contribution in [2.24, 2.45) is 0 Å². The Labute approximate surface area is 94.8 Å². The molecule has 0 fully saturated rings. The number of carbonyl (C=O) groups is 1. The van der Waals surface area contributed by atoms with Gasteiger partial charge in [0.25, 0.3) is 0 Å². The van der Waals surface area contributed by atoms with Crippen molar-refractivity contribution in [2.75, 3.05) is 0 Å². The van der Waals surface area contributed by atoms with Gasteiger partial charge >= 0.3 is 5.97 Å². The number of halogens is 3. The molecule has 0 saturated heterocycles. The zero-order valence-electron chi connectivity index (χ0n) is 6.67. The number of benzene rings is 1. The number of rotatable bonds is 2. The van der Waals surface area contributed by atoms with Crippen LogP contribution in [0.2, 0.25) is 15.1 Å². The third-order valence-corrected chi connectivity index (χ3v) is 2.90. The largest absolute Gasteiger partial charge is 0.479 e. The van der Waals surface area contributed by atoms with Gasteiger partial charge in [0.2, 0.25) is 0 Å². The standard InChI is InChI=1S/C8H5Cl3O3/c9-4-2-1-3(5(10)6(4)11)7(12)8(13)14/h1-2,7,12H,(H,13,14). The van der Waals surface area contributed by atoms with Crippen molar-refractivity contribution >= 4 is 40.8 Å². The van der Waals surface area contributed by atoms with Gasteiger partial charge < -0.3 is 10.2 Å². The van der Waals surface area contributed by atoms with E-state index in [-0.39, 0.29) is 20.6 Å². The SMILES string of the molecule is O=C(O)C(O)c1ccc(Cl)c(Cl)c1Cl. The molecule has 0 heterocycles. The molecule has 0 aliphatic carbocycles. The molecule has 0 aromatic heterocycles. The molecule has 1 aromatic carbocycles. The van der Waals surface area contributed by atoms with Gasteiger partial charge in [-0.2, -0.15) is 0 Å². The highest BCUT2D eigenvalue weighted by Gasteiger charge is 2.21. The lowest BCUT2D eigenvalue weighted by Gasteiger charge is -2.09. The molecule has 14 heavy (non-hydrogen) atoms. The Balaban J connectivity index is 3.24. The monoisotopic (exact) mass is 254 g/mol. The topological polar surface area (TPSA) is 57.5 Å². The fourth-order valence-corrected chi connectivity index (χ4v) is 1.53. The van der Waals surface area contributed by atoms with Gasteiger partial charge in [0.15, 0.2) is 6.10 Å². The summed E-state index contributed by atoms with van der Waals surface area (Å²) in [7, 11) is 0. The molecule has 3 nitrogen and oxygen atoms in total. The number of aliphatic carboxylic acids is 1. The highest BCUT2D eigenvalue weighted by atomic mass is 35.5. The quantitative estimate of drug-likeness (QED) is 0.799. The minimum Gasteiger partial charge on any atom is -0.479 e. The molecule has 0 spiro atoms. The summed E-state index contributed by atoms with van der Waals surface area (Å²) in [5.41, 5.74) is 0.0218. The maximum atomic E-state index is 10.5. The van der Waals surface area contributed by atoms with E-state index in [1.807, 2.05) is 0 Å². The first-order valence-corrected chi connectivity index (χ1v) is 4.62. The molecule has 0 radical (unpaired) electrons. The van der Waals surface area contributed by atoms with Crippen LogP contribution in [0.25, 0.3) is 0 Å². The number of aliphatic hydroxyl groups is 1. The Kier molecular flexibility index (Phi) is 3.61. The van der Waals surface area contributed by atoms with E-state index < -0.39 is 12.1 Å². The molecule has 0 bridgehead atoms. The second-order valence-corrected chi connectivity index (χ2v) is 3.67. The predicted octanol–water partition coefficient (Wildman–Crippen LogP) is 2.76. The van der Waals surface area contributed by atoms with Crippen LogP contribution < -0.4 is 0 Å². The summed E-state index contributed by atoms with van der Waals surface area (Å²) >= 11 is 17.0. The zero-order chi connectivity index (χ0) is 10.9. The van der Waals surface area contributed by atoms with E-state index in [1.54, 1.807) is 0 Å². The molecule has 1 aromatic rings. The molecule has 76 valence electrons. The van der Waals surface area contributed by atoms with Gasteiger partial charge in [-0.15, -0.1) is 0 Å². The molecular formula is C8H5Cl3O3. The van der Waals surface area contributed by atoms with E-state index in [0.29, 0.717) is 0 Å². The Morgan fingerprint density at radius 2 is 1.79 bits per heavy atom. The van der Waals surface area contributed by atoms with Gasteiger partial charge in [-0.3, -0.25) is 0 Å². The summed E-state index contributed by atoms with van der Waals surface area (Å²) in [4.78, 5) is 10.5. The van der Waals surface area contributed by atoms with Crippen LogP contribution in [0.15, 0.2) is 12.1 Å². The van der Waals surface area contributed by atoms with Crippen molar-refractivity contribution in [3.63, 3.8) is 0 Å². The lowest BCUT2D eigenvalue weighted by Crippen LogP contribution is -2.11. The van der Waals surface area contributed by atoms with E-state index in [0.717, 1.165) is 0 Å². The molecule has 1 unspecified atom stereocenters. The summed E-state index contributed by atoms with van der Waals surface area (Å²) in [6.45, 7) is 0. The highest BCUT2D eigenvalue weighted by molar-refractivity contribution is 6.48. The highest BCUT2D eigenvalue weighted by Crippen LogP contribution is 2.35.